The standard InChI is InChI=1S/C18H14P.C18H13.Pb/c1-4-10-16(11-5-1)19(17-12-6-2-7-13-17)18-14-8-3-9-15-18;1-3-8-15(9-4-1)17-12-7-13-18(14-17)16-10-5-2-6-11-16;/h1-14H;1-13H;/p+1. The van der Waals surface area contributed by atoms with Crippen LogP contribution in [0.4, 0.5) is 0 Å². The molecule has 0 bridgehead atoms. The average Bonchev–Trinajstić information content (AvgIpc) is 3.00. The Bertz CT molecular complexity index is 1520. The first kappa shape index (κ1) is 25.0. The molecule has 0 heterocycles. The summed E-state index contributed by atoms with van der Waals surface area (Å²) in [5.74, 6) is 0. The van der Waals surface area contributed by atoms with Crippen LogP contribution < -0.4 is 22.2 Å². The van der Waals surface area contributed by atoms with E-state index < -0.39 is 32.2 Å². The van der Waals surface area contributed by atoms with Gasteiger partial charge in [-0.1, -0.05) is 0 Å². The first-order valence-electron chi connectivity index (χ1n) is 13.0. The summed E-state index contributed by atoms with van der Waals surface area (Å²) < 4.78 is 3.16. The summed E-state index contributed by atoms with van der Waals surface area (Å²) in [6, 6.07) is 60.3. The molecule has 0 fully saturated rings. The average molecular weight is 699 g/mol. The van der Waals surface area contributed by atoms with Crippen LogP contribution >= 0.6 is 7.92 Å². The number of rotatable bonds is 7. The van der Waals surface area contributed by atoms with Crippen molar-refractivity contribution in [2.24, 2.45) is 0 Å². The van der Waals surface area contributed by atoms with Gasteiger partial charge in [0.2, 0.25) is 0 Å². The Kier molecular flexibility index (Phi) is 7.90. The second-order valence-electron chi connectivity index (χ2n) is 9.24. The first-order valence-corrected chi connectivity index (χ1v) is 18.4. The molecule has 180 valence electrons. The molecule has 6 rings (SSSR count). The summed E-state index contributed by atoms with van der Waals surface area (Å²) in [5, 5.41) is 4.43. The summed E-state index contributed by atoms with van der Waals surface area (Å²) in [5.41, 5.74) is 5.39. The fraction of sp³-hybridized carbons (Fsp3) is 0. The van der Waals surface area contributed by atoms with E-state index in [-0.39, 0.29) is 0 Å². The van der Waals surface area contributed by atoms with Gasteiger partial charge < -0.3 is 0 Å². The van der Waals surface area contributed by atoms with Crippen molar-refractivity contribution in [2.75, 3.05) is 0 Å². The minimum atomic E-state index is -1.52. The third-order valence-corrected chi connectivity index (χ3v) is 16.4. The van der Waals surface area contributed by atoms with Crippen molar-refractivity contribution in [3.8, 4) is 22.3 Å². The quantitative estimate of drug-likeness (QED) is 0.138. The van der Waals surface area contributed by atoms with Crippen LogP contribution in [0.2, 0.25) is 0 Å². The molecule has 0 aliphatic rings. The van der Waals surface area contributed by atoms with Gasteiger partial charge in [-0.2, -0.15) is 0 Å². The van der Waals surface area contributed by atoms with E-state index in [4.69, 9.17) is 0 Å². The van der Waals surface area contributed by atoms with Crippen molar-refractivity contribution in [3.05, 3.63) is 164 Å². The Balaban J connectivity index is 1.54. The van der Waals surface area contributed by atoms with Crippen LogP contribution in [0, 0.1) is 0 Å². The molecule has 6 aromatic rings. The van der Waals surface area contributed by atoms with Gasteiger partial charge in [-0.05, 0) is 0 Å². The monoisotopic (exact) mass is 699 g/mol. The normalized spacial score (nSPS) is 11.0. The minimum absolute atomic E-state index is 1.13. The summed E-state index contributed by atoms with van der Waals surface area (Å²) >= 11 is -1.52. The van der Waals surface area contributed by atoms with Crippen LogP contribution in [0.3, 0.4) is 0 Å². The molecule has 0 atom stereocenters. The van der Waals surface area contributed by atoms with E-state index in [1.807, 2.05) is 0 Å². The molecule has 0 unspecified atom stereocenters. The molecule has 6 aromatic carbocycles. The molecular formula is C36H28PPb+. The number of benzene rings is 6. The third-order valence-electron chi connectivity index (χ3n) is 6.82. The summed E-state index contributed by atoms with van der Waals surface area (Å²) in [7, 11) is -1.13. The molecule has 0 nitrogen and oxygen atoms in total. The van der Waals surface area contributed by atoms with Gasteiger partial charge in [0.1, 0.15) is 0 Å². The SMILES string of the molecule is c1ccc(-c2cccc(-c3ccccc3)[c]2[Pb][c]2ccccc2[PH+](c2ccccc2)c2ccccc2)cc1. The molecular weight excluding hydrogens is 671 g/mol. The van der Waals surface area contributed by atoms with Crippen molar-refractivity contribution in [3.63, 3.8) is 0 Å². The van der Waals surface area contributed by atoms with Gasteiger partial charge in [-0.3, -0.25) is 0 Å². The van der Waals surface area contributed by atoms with E-state index >= 15 is 0 Å². The summed E-state index contributed by atoms with van der Waals surface area (Å²) in [4.78, 5) is 0. The fourth-order valence-electron chi connectivity index (χ4n) is 5.04. The van der Waals surface area contributed by atoms with Gasteiger partial charge in [0.05, 0.1) is 0 Å². The zero-order valence-corrected chi connectivity index (χ0v) is 26.0. The number of hydrogen-bond acceptors (Lipinski definition) is 0. The second kappa shape index (κ2) is 12.0. The maximum absolute atomic E-state index is 2.42. The number of hydrogen-bond donors (Lipinski definition) is 0. The zero-order valence-electron chi connectivity index (χ0n) is 21.1. The van der Waals surface area contributed by atoms with E-state index in [0.717, 1.165) is 0 Å². The molecule has 0 spiro atoms. The van der Waals surface area contributed by atoms with Crippen LogP contribution in [-0.4, -0.2) is 24.2 Å². The van der Waals surface area contributed by atoms with Gasteiger partial charge in [0.25, 0.3) is 0 Å². The first-order chi connectivity index (χ1) is 18.9. The molecule has 0 N–H and O–H groups in total. The van der Waals surface area contributed by atoms with Gasteiger partial charge >= 0.3 is 240 Å². The van der Waals surface area contributed by atoms with Crippen molar-refractivity contribution >= 4 is 54.3 Å². The predicted molar refractivity (Wildman–Crippen MR) is 169 cm³/mol. The molecule has 0 saturated carbocycles. The Morgan fingerprint density at radius 2 is 0.789 bits per heavy atom. The van der Waals surface area contributed by atoms with Crippen LogP contribution in [0.15, 0.2) is 164 Å². The maximum atomic E-state index is 2.42. The molecule has 0 aromatic heterocycles. The van der Waals surface area contributed by atoms with Crippen molar-refractivity contribution in [1.29, 1.82) is 0 Å². The van der Waals surface area contributed by atoms with Crippen molar-refractivity contribution in [1.82, 2.24) is 0 Å². The van der Waals surface area contributed by atoms with Crippen LogP contribution in [-0.2, 0) is 0 Å². The topological polar surface area (TPSA) is 0 Å². The Morgan fingerprint density at radius 1 is 0.368 bits per heavy atom. The van der Waals surface area contributed by atoms with Gasteiger partial charge in [0.15, 0.2) is 0 Å². The fourth-order valence-corrected chi connectivity index (χ4v) is 15.1. The summed E-state index contributed by atoms with van der Waals surface area (Å²) in [6.45, 7) is 0. The van der Waals surface area contributed by atoms with E-state index in [0.29, 0.717) is 0 Å². The molecule has 0 saturated heterocycles. The Morgan fingerprint density at radius 3 is 1.29 bits per heavy atom. The van der Waals surface area contributed by atoms with Crippen LogP contribution in [0.25, 0.3) is 22.3 Å². The molecule has 0 aliphatic heterocycles. The third kappa shape index (κ3) is 5.43. The molecule has 0 aliphatic carbocycles. The van der Waals surface area contributed by atoms with Gasteiger partial charge in [0, 0.05) is 0 Å². The van der Waals surface area contributed by atoms with Crippen molar-refractivity contribution < 1.29 is 0 Å². The molecule has 38 heavy (non-hydrogen) atoms. The Hall–Kier alpha value is -3.33. The summed E-state index contributed by atoms with van der Waals surface area (Å²) in [6.07, 6.45) is 0. The van der Waals surface area contributed by atoms with E-state index in [9.17, 15) is 0 Å². The van der Waals surface area contributed by atoms with E-state index in [2.05, 4.69) is 164 Å². The van der Waals surface area contributed by atoms with Crippen LogP contribution in [0.1, 0.15) is 0 Å². The Labute approximate surface area is 239 Å². The molecule has 2 radical (unpaired) electrons. The van der Waals surface area contributed by atoms with E-state index in [1.54, 1.807) is 11.5 Å². The van der Waals surface area contributed by atoms with Crippen molar-refractivity contribution in [2.45, 2.75) is 0 Å². The molecule has 2 heteroatoms. The second-order valence-corrected chi connectivity index (χ2v) is 16.7. The van der Waals surface area contributed by atoms with E-state index in [1.165, 1.54) is 32.9 Å². The van der Waals surface area contributed by atoms with Crippen LogP contribution in [0.5, 0.6) is 0 Å². The van der Waals surface area contributed by atoms with Gasteiger partial charge in [-0.15, -0.1) is 0 Å². The zero-order chi connectivity index (χ0) is 25.6. The molecule has 0 amide bonds. The van der Waals surface area contributed by atoms with Gasteiger partial charge in [-0.25, -0.2) is 0 Å². The predicted octanol–water partition coefficient (Wildman–Crippen LogP) is 6.17.